The molecule has 6 nitrogen and oxygen atoms in total. The molecule has 164 valence electrons. The van der Waals surface area contributed by atoms with Crippen LogP contribution in [-0.4, -0.2) is 23.7 Å². The van der Waals surface area contributed by atoms with E-state index in [1.54, 1.807) is 0 Å². The molecule has 2 amide bonds. The summed E-state index contributed by atoms with van der Waals surface area (Å²) in [6.07, 6.45) is 1.24. The lowest BCUT2D eigenvalue weighted by atomic mass is 10.0. The van der Waals surface area contributed by atoms with Crippen molar-refractivity contribution >= 4 is 11.8 Å². The van der Waals surface area contributed by atoms with Crippen LogP contribution in [0.3, 0.4) is 0 Å². The summed E-state index contributed by atoms with van der Waals surface area (Å²) >= 11 is 0. The van der Waals surface area contributed by atoms with Gasteiger partial charge in [-0.05, 0) is 36.4 Å². The molecule has 2 aliphatic rings. The van der Waals surface area contributed by atoms with E-state index in [0.29, 0.717) is 0 Å². The fraction of sp³-hybridized carbons (Fsp3) is 0.182. The van der Waals surface area contributed by atoms with Gasteiger partial charge in [-0.1, -0.05) is 0 Å². The average Bonchev–Trinajstić information content (AvgIpc) is 3.47. The van der Waals surface area contributed by atoms with Crippen LogP contribution in [0.25, 0.3) is 0 Å². The highest BCUT2D eigenvalue weighted by Crippen LogP contribution is 2.55. The van der Waals surface area contributed by atoms with Crippen LogP contribution in [-0.2, 0) is 0 Å². The fourth-order valence-electron chi connectivity index (χ4n) is 3.86. The summed E-state index contributed by atoms with van der Waals surface area (Å²) in [6, 6.07) is 6.71. The van der Waals surface area contributed by atoms with Crippen LogP contribution in [0.2, 0.25) is 0 Å². The molecule has 3 atom stereocenters. The summed E-state index contributed by atoms with van der Waals surface area (Å²) < 4.78 is 65.6. The van der Waals surface area contributed by atoms with Crippen molar-refractivity contribution in [3.63, 3.8) is 0 Å². The molecule has 1 aromatic heterocycles. The fourth-order valence-corrected chi connectivity index (χ4v) is 3.86. The Labute approximate surface area is 179 Å². The first kappa shape index (κ1) is 20.1. The third-order valence-electron chi connectivity index (χ3n) is 5.41. The maximum atomic E-state index is 14.2. The minimum atomic E-state index is -0.735. The number of nitrogens with one attached hydrogen (secondary N) is 2. The predicted molar refractivity (Wildman–Crippen MR) is 105 cm³/mol. The Morgan fingerprint density at radius 3 is 2.59 bits per heavy atom. The smallest absolute Gasteiger partial charge is 0.320 e. The quantitative estimate of drug-likeness (QED) is 0.570. The minimum absolute atomic E-state index is 0.108. The number of nitrogens with zero attached hydrogens (tertiary/aromatic N) is 1. The van der Waals surface area contributed by atoms with Crippen molar-refractivity contribution in [2.24, 2.45) is 5.92 Å². The Hall–Kier alpha value is -3.82. The molecule has 10 heteroatoms. The molecule has 0 unspecified atom stereocenters. The van der Waals surface area contributed by atoms with Crippen molar-refractivity contribution in [2.45, 2.75) is 12.0 Å². The molecule has 1 saturated carbocycles. The molecule has 0 bridgehead atoms. The second kappa shape index (κ2) is 7.70. The summed E-state index contributed by atoms with van der Waals surface area (Å²) in [7, 11) is 0. The van der Waals surface area contributed by atoms with Gasteiger partial charge in [0.15, 0.2) is 23.1 Å². The van der Waals surface area contributed by atoms with Gasteiger partial charge in [0, 0.05) is 29.5 Å². The van der Waals surface area contributed by atoms with Gasteiger partial charge in [-0.25, -0.2) is 27.3 Å². The molecule has 32 heavy (non-hydrogen) atoms. The van der Waals surface area contributed by atoms with Gasteiger partial charge in [-0.3, -0.25) is 5.32 Å². The number of aromatic nitrogens is 1. The van der Waals surface area contributed by atoms with Gasteiger partial charge in [0.25, 0.3) is 0 Å². The highest BCUT2D eigenvalue weighted by molar-refractivity contribution is 5.89. The number of pyridine rings is 1. The van der Waals surface area contributed by atoms with Crippen LogP contribution < -0.4 is 20.1 Å². The van der Waals surface area contributed by atoms with Crippen LogP contribution in [0.1, 0.15) is 11.5 Å². The first-order valence-corrected chi connectivity index (χ1v) is 9.68. The van der Waals surface area contributed by atoms with Crippen molar-refractivity contribution in [3.8, 4) is 17.2 Å². The molecule has 0 radical (unpaired) electrons. The molecule has 2 aromatic carbocycles. The predicted octanol–water partition coefficient (Wildman–Crippen LogP) is 4.73. The second-order valence-electron chi connectivity index (χ2n) is 7.45. The number of urea groups is 1. The summed E-state index contributed by atoms with van der Waals surface area (Å²) in [5, 5.41) is 5.24. The number of anilines is 1. The molecule has 0 spiro atoms. The number of benzene rings is 2. The van der Waals surface area contributed by atoms with E-state index in [-0.39, 0.29) is 47.1 Å². The van der Waals surface area contributed by atoms with E-state index < -0.39 is 35.3 Å². The molecule has 1 aliphatic heterocycles. The van der Waals surface area contributed by atoms with Crippen LogP contribution in [0, 0.1) is 29.2 Å². The Morgan fingerprint density at radius 1 is 1.03 bits per heavy atom. The van der Waals surface area contributed by atoms with Crippen LogP contribution >= 0.6 is 0 Å². The van der Waals surface area contributed by atoms with E-state index in [9.17, 15) is 22.4 Å². The molecule has 2 heterocycles. The lowest BCUT2D eigenvalue weighted by Crippen LogP contribution is -2.32. The van der Waals surface area contributed by atoms with Crippen molar-refractivity contribution in [1.29, 1.82) is 0 Å². The van der Waals surface area contributed by atoms with Gasteiger partial charge < -0.3 is 14.8 Å². The van der Waals surface area contributed by atoms with Crippen molar-refractivity contribution in [3.05, 3.63) is 77.5 Å². The monoisotopic (exact) mass is 445 g/mol. The van der Waals surface area contributed by atoms with Crippen molar-refractivity contribution in [1.82, 2.24) is 10.3 Å². The molecule has 2 N–H and O–H groups in total. The first-order valence-electron chi connectivity index (χ1n) is 9.68. The van der Waals surface area contributed by atoms with E-state index >= 15 is 0 Å². The van der Waals surface area contributed by atoms with Gasteiger partial charge >= 0.3 is 6.03 Å². The van der Waals surface area contributed by atoms with E-state index in [0.717, 1.165) is 30.3 Å². The number of rotatable bonds is 4. The number of amides is 2. The molecule has 1 aliphatic carbocycles. The zero-order valence-electron chi connectivity index (χ0n) is 16.2. The maximum Gasteiger partial charge on any atom is 0.320 e. The number of ether oxygens (including phenoxy) is 2. The van der Waals surface area contributed by atoms with Crippen molar-refractivity contribution in [2.75, 3.05) is 11.9 Å². The van der Waals surface area contributed by atoms with Gasteiger partial charge in [-0.15, -0.1) is 0 Å². The van der Waals surface area contributed by atoms with Gasteiger partial charge in [0.1, 0.15) is 23.2 Å². The van der Waals surface area contributed by atoms with E-state index in [1.807, 2.05) is 0 Å². The lowest BCUT2D eigenvalue weighted by Gasteiger charge is -2.16. The Balaban J connectivity index is 1.21. The zero-order chi connectivity index (χ0) is 22.4. The normalized spacial score (nSPS) is 20.4. The number of fused-ring (bicyclic) bond motifs is 3. The average molecular weight is 445 g/mol. The number of hydrogen-bond donors (Lipinski definition) is 2. The van der Waals surface area contributed by atoms with Gasteiger partial charge in [0.05, 0.1) is 12.8 Å². The van der Waals surface area contributed by atoms with E-state index in [4.69, 9.17) is 9.47 Å². The van der Waals surface area contributed by atoms with Gasteiger partial charge in [0.2, 0.25) is 0 Å². The minimum Gasteiger partial charge on any atom is -0.490 e. The SMILES string of the molecule is O=C(Nc1ccc(Oc2cc(F)ccc2F)cn1)N[C@@H]1[C@H]2COc3c(F)ccc(F)c3[C@@H]21. The molecular weight excluding hydrogens is 430 g/mol. The number of carbonyl (C=O) groups excluding carboxylic acids is 1. The van der Waals surface area contributed by atoms with Gasteiger partial charge in [-0.2, -0.15) is 0 Å². The molecule has 1 fully saturated rings. The topological polar surface area (TPSA) is 72.5 Å². The molecule has 0 saturated heterocycles. The summed E-state index contributed by atoms with van der Waals surface area (Å²) in [6.45, 7) is 0.171. The molecular formula is C22H15F4N3O3. The number of carbonyl (C=O) groups is 1. The Bertz CT molecular complexity index is 1210. The van der Waals surface area contributed by atoms with Crippen LogP contribution in [0.5, 0.6) is 17.2 Å². The van der Waals surface area contributed by atoms with Crippen LogP contribution in [0.15, 0.2) is 48.7 Å². The number of hydrogen-bond acceptors (Lipinski definition) is 4. The summed E-state index contributed by atoms with van der Waals surface area (Å²) in [4.78, 5) is 16.3. The first-order chi connectivity index (χ1) is 15.4. The highest BCUT2D eigenvalue weighted by atomic mass is 19.1. The van der Waals surface area contributed by atoms with E-state index in [1.165, 1.54) is 18.3 Å². The van der Waals surface area contributed by atoms with E-state index in [2.05, 4.69) is 15.6 Å². The largest absolute Gasteiger partial charge is 0.490 e. The lowest BCUT2D eigenvalue weighted by molar-refractivity contribution is 0.247. The standard InChI is InChI=1S/C22H15F4N3O3/c23-10-1-3-13(24)16(7-10)32-11-2-6-17(27-8-11)28-22(30)29-20-12-9-31-21-15(26)5-4-14(25)19(21)18(12)20/h1-8,12,18,20H,9H2,(H2,27,28,29,30)/t12-,18+,20+/m0/s1. The zero-order valence-corrected chi connectivity index (χ0v) is 16.2. The third-order valence-corrected chi connectivity index (χ3v) is 5.41. The Kier molecular flexibility index (Phi) is 4.84. The third kappa shape index (κ3) is 3.68. The molecule has 5 rings (SSSR count). The van der Waals surface area contributed by atoms with Crippen molar-refractivity contribution < 1.29 is 31.8 Å². The number of halogens is 4. The molecule has 3 aromatic rings. The second-order valence-corrected chi connectivity index (χ2v) is 7.45. The summed E-state index contributed by atoms with van der Waals surface area (Å²) in [5.41, 5.74) is 0.135. The van der Waals surface area contributed by atoms with Crippen LogP contribution in [0.4, 0.5) is 28.2 Å². The summed E-state index contributed by atoms with van der Waals surface area (Å²) in [5.74, 6) is -3.23. The maximum absolute atomic E-state index is 14.2. The highest BCUT2D eigenvalue weighted by Gasteiger charge is 2.57. The Morgan fingerprint density at radius 2 is 1.81 bits per heavy atom.